The summed E-state index contributed by atoms with van der Waals surface area (Å²) in [4.78, 5) is 41.5. The molecule has 16 heteroatoms. The molecule has 10 N–H and O–H groups in total. The first-order valence-electron chi connectivity index (χ1n) is 7.46. The molecular weight excluding hydrogens is 415 g/mol. The predicted molar refractivity (Wildman–Crippen MR) is 100 cm³/mol. The normalized spacial score (nSPS) is 14.2. The van der Waals surface area contributed by atoms with Gasteiger partial charge in [0.25, 0.3) is 5.91 Å². The number of anilines is 4. The van der Waals surface area contributed by atoms with Gasteiger partial charge in [0.05, 0.1) is 13.3 Å². The molecule has 1 fully saturated rings. The van der Waals surface area contributed by atoms with Gasteiger partial charge in [0, 0.05) is 0 Å². The van der Waals surface area contributed by atoms with E-state index in [9.17, 15) is 9.59 Å². The van der Waals surface area contributed by atoms with E-state index in [2.05, 4.69) is 30.8 Å². The van der Waals surface area contributed by atoms with Crippen LogP contribution in [-0.2, 0) is 0 Å². The van der Waals surface area contributed by atoms with E-state index in [1.54, 1.807) is 0 Å². The highest BCUT2D eigenvalue weighted by Crippen LogP contribution is 2.20. The highest BCUT2D eigenvalue weighted by Gasteiger charge is 2.29. The van der Waals surface area contributed by atoms with Gasteiger partial charge < -0.3 is 27.8 Å². The number of amides is 2. The van der Waals surface area contributed by atoms with E-state index in [1.165, 1.54) is 4.90 Å². The van der Waals surface area contributed by atoms with Crippen molar-refractivity contribution in [3.05, 3.63) is 21.7 Å². The van der Waals surface area contributed by atoms with Crippen LogP contribution in [-0.4, -0.2) is 55.1 Å². The molecule has 28 heavy (non-hydrogen) atoms. The zero-order valence-electron chi connectivity index (χ0n) is 14.0. The third-order valence-corrected chi connectivity index (χ3v) is 4.10. The maximum Gasteiger partial charge on any atom is 0.305 e. The van der Waals surface area contributed by atoms with Crippen LogP contribution in [0.1, 0.15) is 21.0 Å². The van der Waals surface area contributed by atoms with Crippen molar-refractivity contribution in [2.75, 3.05) is 36.3 Å². The molecule has 1 saturated heterocycles. The minimum atomic E-state index is -0.686. The van der Waals surface area contributed by atoms with Gasteiger partial charge in [-0.3, -0.25) is 9.59 Å². The van der Waals surface area contributed by atoms with Crippen molar-refractivity contribution in [2.24, 2.45) is 0 Å². The molecule has 0 spiro atoms. The maximum absolute atomic E-state index is 12.6. The van der Waals surface area contributed by atoms with E-state index in [4.69, 9.17) is 46.1 Å². The Morgan fingerprint density at radius 2 is 1.18 bits per heavy atom. The average molecular weight is 429 g/mol. The summed E-state index contributed by atoms with van der Waals surface area (Å²) in [5.41, 5.74) is 27.2. The molecule has 2 aromatic rings. The number of carbonyl (C=O) groups is 2. The van der Waals surface area contributed by atoms with Gasteiger partial charge in [-0.25, -0.2) is 19.9 Å². The second-order valence-electron chi connectivity index (χ2n) is 5.39. The largest absolute Gasteiger partial charge is 0.382 e. The summed E-state index contributed by atoms with van der Waals surface area (Å²) >= 11 is 11.6. The van der Waals surface area contributed by atoms with Crippen LogP contribution in [0.15, 0.2) is 0 Å². The van der Waals surface area contributed by atoms with Crippen molar-refractivity contribution in [3.8, 4) is 0 Å². The first-order valence-corrected chi connectivity index (χ1v) is 8.22. The van der Waals surface area contributed by atoms with E-state index in [0.717, 1.165) is 5.12 Å². The molecule has 0 saturated carbocycles. The predicted octanol–water partition coefficient (Wildman–Crippen LogP) is -1.58. The number of rotatable bonds is 2. The lowest BCUT2D eigenvalue weighted by Crippen LogP contribution is -2.64. The van der Waals surface area contributed by atoms with Gasteiger partial charge in [-0.1, -0.05) is 23.2 Å². The van der Waals surface area contributed by atoms with Crippen LogP contribution in [0, 0.1) is 0 Å². The van der Waals surface area contributed by atoms with Crippen molar-refractivity contribution in [3.63, 3.8) is 0 Å². The minimum absolute atomic E-state index is 0.0866. The molecule has 1 aliphatic rings. The summed E-state index contributed by atoms with van der Waals surface area (Å²) < 4.78 is 0. The van der Waals surface area contributed by atoms with Crippen LogP contribution in [0.25, 0.3) is 0 Å². The van der Waals surface area contributed by atoms with Gasteiger partial charge in [0.15, 0.2) is 45.0 Å². The third kappa shape index (κ3) is 3.61. The highest BCUT2D eigenvalue weighted by atomic mass is 35.5. The Kier molecular flexibility index (Phi) is 5.19. The number of hydrogen-bond acceptors (Lipinski definition) is 12. The molecule has 1 aliphatic heterocycles. The Labute approximate surface area is 167 Å². The number of nitrogens with two attached hydrogens (primary N) is 4. The fraction of sp³-hybridized carbons (Fsp3) is 0.167. The molecule has 2 aromatic heterocycles. The number of nitrogens with zero attached hydrogens (tertiary/aromatic N) is 6. The van der Waals surface area contributed by atoms with Gasteiger partial charge in [-0.2, -0.15) is 16.0 Å². The summed E-state index contributed by atoms with van der Waals surface area (Å²) in [6, 6.07) is 0. The molecule has 0 atom stereocenters. The van der Waals surface area contributed by atoms with Gasteiger partial charge in [0.1, 0.15) is 0 Å². The second-order valence-corrected chi connectivity index (χ2v) is 6.10. The molecular formula is C12H14Cl2N12O2. The summed E-state index contributed by atoms with van der Waals surface area (Å²) in [6.45, 7) is -0.173. The van der Waals surface area contributed by atoms with Gasteiger partial charge in [-0.15, -0.1) is 0 Å². The zero-order valence-corrected chi connectivity index (χ0v) is 15.5. The molecule has 0 bridgehead atoms. The molecule has 2 amide bonds. The number of nitrogens with one attached hydrogen (secondary N) is 2. The summed E-state index contributed by atoms with van der Waals surface area (Å²) in [6.07, 6.45) is 0. The van der Waals surface area contributed by atoms with Crippen molar-refractivity contribution < 1.29 is 9.59 Å². The fourth-order valence-electron chi connectivity index (χ4n) is 2.16. The Hall–Kier alpha value is -3.20. The molecule has 0 radical (unpaired) electrons. The molecule has 14 nitrogen and oxygen atoms in total. The first-order chi connectivity index (χ1) is 13.2. The van der Waals surface area contributed by atoms with Crippen molar-refractivity contribution in [1.82, 2.24) is 40.8 Å². The first kappa shape index (κ1) is 19.6. The molecule has 0 aromatic carbocycles. The number of carbonyl (C=O) groups excluding carboxylic acids is 2. The molecule has 0 aliphatic carbocycles. The zero-order chi connectivity index (χ0) is 20.6. The second kappa shape index (κ2) is 7.43. The number of hydrazine groups is 2. The smallest absolute Gasteiger partial charge is 0.305 e. The summed E-state index contributed by atoms with van der Waals surface area (Å²) in [5, 5.41) is 0.656. The number of halogens is 2. The van der Waals surface area contributed by atoms with Crippen LogP contribution < -0.4 is 33.8 Å². The highest BCUT2D eigenvalue weighted by molar-refractivity contribution is 6.32. The lowest BCUT2D eigenvalue weighted by atomic mass is 10.3. The number of hydrogen-bond donors (Lipinski definition) is 6. The SMILES string of the molecule is Nc1nc(N)c(C(=O)N2CNN(C(=O)c3nc(Cl)c(N)nc3N)NC2)nc1Cl. The lowest BCUT2D eigenvalue weighted by Gasteiger charge is -2.35. The monoisotopic (exact) mass is 428 g/mol. The third-order valence-electron chi connectivity index (χ3n) is 3.54. The van der Waals surface area contributed by atoms with Crippen LogP contribution in [0.3, 0.4) is 0 Å². The van der Waals surface area contributed by atoms with E-state index in [1.807, 2.05) is 0 Å². The van der Waals surface area contributed by atoms with E-state index >= 15 is 0 Å². The topological polar surface area (TPSA) is 220 Å². The molecule has 148 valence electrons. The lowest BCUT2D eigenvalue weighted by molar-refractivity contribution is 0.00492. The average Bonchev–Trinajstić information content (AvgIpc) is 2.66. The van der Waals surface area contributed by atoms with Gasteiger partial charge in [-0.05, 0) is 0 Å². The van der Waals surface area contributed by atoms with Crippen LogP contribution >= 0.6 is 23.2 Å². The summed E-state index contributed by atoms with van der Waals surface area (Å²) in [5.74, 6) is -1.85. The summed E-state index contributed by atoms with van der Waals surface area (Å²) in [7, 11) is 0. The maximum atomic E-state index is 12.6. The van der Waals surface area contributed by atoms with Gasteiger partial charge in [0.2, 0.25) is 0 Å². The molecule has 0 unspecified atom stereocenters. The van der Waals surface area contributed by atoms with Crippen LogP contribution in [0.4, 0.5) is 23.3 Å². The van der Waals surface area contributed by atoms with Crippen LogP contribution in [0.2, 0.25) is 10.3 Å². The molecule has 3 heterocycles. The Balaban J connectivity index is 1.71. The Morgan fingerprint density at radius 3 is 1.64 bits per heavy atom. The van der Waals surface area contributed by atoms with Gasteiger partial charge >= 0.3 is 5.91 Å². The minimum Gasteiger partial charge on any atom is -0.382 e. The van der Waals surface area contributed by atoms with Crippen molar-refractivity contribution >= 4 is 58.3 Å². The van der Waals surface area contributed by atoms with Crippen molar-refractivity contribution in [1.29, 1.82) is 0 Å². The van der Waals surface area contributed by atoms with Crippen molar-refractivity contribution in [2.45, 2.75) is 0 Å². The number of aromatic nitrogens is 4. The quantitative estimate of drug-likeness (QED) is 0.319. The van der Waals surface area contributed by atoms with Crippen LogP contribution in [0.5, 0.6) is 0 Å². The Morgan fingerprint density at radius 1 is 0.750 bits per heavy atom. The number of nitrogen functional groups attached to an aromatic ring is 4. The Bertz CT molecular complexity index is 885. The standard InChI is InChI=1S/C12H14Cl2N12O2/c13-5-9(17)23-7(15)3(21-5)11(27)25-1-19-26(20-2-25)12(28)4-8(16)24-10(18)6(14)22-4/h19-20H,1-2H2,(H4,15,17,23)(H4,16,18,24). The van der Waals surface area contributed by atoms with E-state index in [0.29, 0.717) is 0 Å². The fourth-order valence-corrected chi connectivity index (χ4v) is 2.42. The van der Waals surface area contributed by atoms with E-state index < -0.39 is 11.8 Å². The van der Waals surface area contributed by atoms with E-state index in [-0.39, 0.29) is 58.3 Å². The molecule has 3 rings (SSSR count).